The van der Waals surface area contributed by atoms with Gasteiger partial charge in [0.25, 0.3) is 0 Å². The molecule has 0 unspecified atom stereocenters. The van der Waals surface area contributed by atoms with Gasteiger partial charge in [-0.05, 0) is 46.8 Å². The molecule has 2 saturated heterocycles. The lowest BCUT2D eigenvalue weighted by Crippen LogP contribution is -2.53. The summed E-state index contributed by atoms with van der Waals surface area (Å²) in [5.74, 6) is 0.750. The monoisotopic (exact) mass is 432 g/mol. The Balaban J connectivity index is 1.69. The molecule has 160 valence electrons. The molecule has 1 amide bonds. The van der Waals surface area contributed by atoms with E-state index in [-0.39, 0.29) is 6.04 Å². The van der Waals surface area contributed by atoms with E-state index in [1.807, 2.05) is 46.8 Å². The van der Waals surface area contributed by atoms with Crippen LogP contribution in [-0.2, 0) is 9.31 Å². The van der Waals surface area contributed by atoms with Gasteiger partial charge in [0.05, 0.1) is 16.7 Å². The van der Waals surface area contributed by atoms with Crippen molar-refractivity contribution in [3.05, 3.63) is 23.5 Å². The fraction of sp³-hybridized carbons (Fsp3) is 0.550. The topological polar surface area (TPSA) is 88.0 Å². The van der Waals surface area contributed by atoms with Crippen molar-refractivity contribution >= 4 is 47.0 Å². The molecule has 8 nitrogen and oxygen atoms in total. The summed E-state index contributed by atoms with van der Waals surface area (Å²) in [5, 5.41) is 10.6. The molecule has 30 heavy (non-hydrogen) atoms. The van der Waals surface area contributed by atoms with E-state index in [1.165, 1.54) is 11.2 Å². The van der Waals surface area contributed by atoms with E-state index >= 15 is 0 Å². The van der Waals surface area contributed by atoms with Gasteiger partial charge in [-0.25, -0.2) is 14.8 Å². The molecule has 2 aliphatic rings. The van der Waals surface area contributed by atoms with Crippen LogP contribution in [0.15, 0.2) is 18.5 Å². The minimum atomic E-state index is -0.899. The van der Waals surface area contributed by atoms with Gasteiger partial charge in [-0.2, -0.15) is 0 Å². The zero-order chi connectivity index (χ0) is 21.8. The van der Waals surface area contributed by atoms with Crippen LogP contribution in [0.3, 0.4) is 0 Å². The maximum atomic E-state index is 11.3. The summed E-state index contributed by atoms with van der Waals surface area (Å²) in [6.07, 6.45) is 0.625. The first-order valence-corrected chi connectivity index (χ1v) is 10.4. The van der Waals surface area contributed by atoms with Crippen LogP contribution < -0.4 is 10.4 Å². The molecule has 0 bridgehead atoms. The second-order valence-electron chi connectivity index (χ2n) is 8.95. The van der Waals surface area contributed by atoms with Crippen LogP contribution in [0.5, 0.6) is 0 Å². The molecule has 2 aliphatic heterocycles. The van der Waals surface area contributed by atoms with Crippen molar-refractivity contribution in [3.63, 3.8) is 0 Å². The number of anilines is 1. The van der Waals surface area contributed by atoms with E-state index in [9.17, 15) is 9.90 Å². The van der Waals surface area contributed by atoms with Crippen molar-refractivity contribution in [2.45, 2.75) is 51.9 Å². The number of hydrogen-bond donors (Lipinski definition) is 1. The van der Waals surface area contributed by atoms with Gasteiger partial charge in [0, 0.05) is 41.5 Å². The Bertz CT molecular complexity index is 986. The van der Waals surface area contributed by atoms with Crippen molar-refractivity contribution < 1.29 is 19.2 Å². The summed E-state index contributed by atoms with van der Waals surface area (Å²) in [4.78, 5) is 23.8. The number of aromatic nitrogens is 2. The Hall–Kier alpha value is -2.10. The lowest BCUT2D eigenvalue weighted by Gasteiger charge is -2.39. The van der Waals surface area contributed by atoms with Gasteiger partial charge in [0.15, 0.2) is 0 Å². The Morgan fingerprint density at radius 1 is 1.20 bits per heavy atom. The third-order valence-corrected chi connectivity index (χ3v) is 6.74. The van der Waals surface area contributed by atoms with Crippen LogP contribution in [0, 0.1) is 0 Å². The zero-order valence-corrected chi connectivity index (χ0v) is 18.6. The number of benzene rings is 1. The van der Waals surface area contributed by atoms with Gasteiger partial charge in [-0.15, -0.1) is 0 Å². The van der Waals surface area contributed by atoms with E-state index < -0.39 is 24.4 Å². The molecule has 1 atom stereocenters. The van der Waals surface area contributed by atoms with Crippen LogP contribution in [-0.4, -0.2) is 70.1 Å². The first-order valence-electron chi connectivity index (χ1n) is 10.0. The highest BCUT2D eigenvalue weighted by Gasteiger charge is 2.52. The van der Waals surface area contributed by atoms with Crippen LogP contribution >= 0.6 is 11.6 Å². The maximum absolute atomic E-state index is 11.3. The number of hydrogen-bond acceptors (Lipinski definition) is 6. The van der Waals surface area contributed by atoms with Gasteiger partial charge < -0.3 is 24.2 Å². The van der Waals surface area contributed by atoms with Gasteiger partial charge in [0.1, 0.15) is 12.1 Å². The highest BCUT2D eigenvalue weighted by molar-refractivity contribution is 6.66. The Labute approximate surface area is 181 Å². The summed E-state index contributed by atoms with van der Waals surface area (Å²) in [5.41, 5.74) is 0.538. The summed E-state index contributed by atoms with van der Waals surface area (Å²) >= 11 is 6.66. The van der Waals surface area contributed by atoms with Gasteiger partial charge >= 0.3 is 13.2 Å². The molecule has 10 heteroatoms. The predicted molar refractivity (Wildman–Crippen MR) is 117 cm³/mol. The summed E-state index contributed by atoms with van der Waals surface area (Å²) < 4.78 is 12.3. The average Bonchev–Trinajstić information content (AvgIpc) is 2.88. The lowest BCUT2D eigenvalue weighted by atomic mass is 9.78. The van der Waals surface area contributed by atoms with E-state index in [4.69, 9.17) is 20.9 Å². The number of carboxylic acid groups (broad SMARTS) is 1. The summed E-state index contributed by atoms with van der Waals surface area (Å²) in [6.45, 7) is 11.4. The first kappa shape index (κ1) is 21.1. The van der Waals surface area contributed by atoms with Gasteiger partial charge in [-0.1, -0.05) is 11.6 Å². The van der Waals surface area contributed by atoms with Gasteiger partial charge in [0.2, 0.25) is 0 Å². The fourth-order valence-electron chi connectivity index (χ4n) is 3.90. The van der Waals surface area contributed by atoms with Crippen molar-refractivity contribution in [1.29, 1.82) is 0 Å². The number of amides is 1. The van der Waals surface area contributed by atoms with Crippen molar-refractivity contribution in [2.75, 3.05) is 24.5 Å². The second-order valence-corrected chi connectivity index (χ2v) is 9.35. The first-order chi connectivity index (χ1) is 14.0. The Morgan fingerprint density at radius 2 is 1.87 bits per heavy atom. The van der Waals surface area contributed by atoms with Crippen LogP contribution in [0.2, 0.25) is 5.02 Å². The number of halogens is 1. The maximum Gasteiger partial charge on any atom is 0.496 e. The smallest absolute Gasteiger partial charge is 0.465 e. The molecule has 0 radical (unpaired) electrons. The number of rotatable bonds is 2. The molecule has 1 aromatic heterocycles. The molecule has 1 N–H and O–H groups in total. The highest BCUT2D eigenvalue weighted by Crippen LogP contribution is 2.37. The number of fused-ring (bicyclic) bond motifs is 1. The molecule has 4 rings (SSSR count). The van der Waals surface area contributed by atoms with E-state index in [0.29, 0.717) is 24.7 Å². The zero-order valence-electron chi connectivity index (χ0n) is 17.8. The SMILES string of the molecule is C[C@H]1CN(C(=O)O)CCN1c1ncnc2cc(B3OC(C)(C)C(C)(C)O3)c(Cl)cc12. The molecule has 0 saturated carbocycles. The molecular formula is C20H26BClN4O4. The van der Waals surface area contributed by atoms with Crippen molar-refractivity contribution in [1.82, 2.24) is 14.9 Å². The molecule has 0 aliphatic carbocycles. The second kappa shape index (κ2) is 7.25. The van der Waals surface area contributed by atoms with Crippen LogP contribution in [0.1, 0.15) is 34.6 Å². The Morgan fingerprint density at radius 3 is 2.47 bits per heavy atom. The Kier molecular flexibility index (Phi) is 5.11. The number of piperazine rings is 1. The molecule has 1 aromatic carbocycles. The average molecular weight is 433 g/mol. The van der Waals surface area contributed by atoms with Crippen molar-refractivity contribution in [2.24, 2.45) is 0 Å². The van der Waals surface area contributed by atoms with Crippen molar-refractivity contribution in [3.8, 4) is 0 Å². The normalized spacial score (nSPS) is 23.3. The standard InChI is InChI=1S/C20H26BClN4O4/c1-12-10-25(18(27)28)6-7-26(12)17-13-8-15(22)14(9-16(13)23-11-24-17)21-29-19(2,3)20(4,5)30-21/h8-9,11-12H,6-7,10H2,1-5H3,(H,27,28)/t12-/m0/s1. The van der Waals surface area contributed by atoms with Crippen LogP contribution in [0.25, 0.3) is 10.9 Å². The molecular weight excluding hydrogens is 407 g/mol. The molecule has 0 spiro atoms. The van der Waals surface area contributed by atoms with Gasteiger partial charge in [-0.3, -0.25) is 0 Å². The largest absolute Gasteiger partial charge is 0.496 e. The third kappa shape index (κ3) is 3.48. The number of carbonyl (C=O) groups is 1. The predicted octanol–water partition coefficient (Wildman–Crippen LogP) is 2.77. The van der Waals surface area contributed by atoms with E-state index in [1.54, 1.807) is 0 Å². The van der Waals surface area contributed by atoms with Crippen LogP contribution in [0.4, 0.5) is 10.6 Å². The lowest BCUT2D eigenvalue weighted by molar-refractivity contribution is 0.00578. The van der Waals surface area contributed by atoms with E-state index in [0.717, 1.165) is 22.2 Å². The molecule has 3 heterocycles. The molecule has 2 fully saturated rings. The van der Waals surface area contributed by atoms with E-state index in [2.05, 4.69) is 14.9 Å². The molecule has 2 aromatic rings. The summed E-state index contributed by atoms with van der Waals surface area (Å²) in [6, 6.07) is 3.72. The minimum absolute atomic E-state index is 0.0190. The minimum Gasteiger partial charge on any atom is -0.465 e. The quantitative estimate of drug-likeness (QED) is 0.730. The number of nitrogens with zero attached hydrogens (tertiary/aromatic N) is 4. The highest BCUT2D eigenvalue weighted by atomic mass is 35.5. The fourth-order valence-corrected chi connectivity index (χ4v) is 4.16. The summed E-state index contributed by atoms with van der Waals surface area (Å²) in [7, 11) is -0.580. The third-order valence-electron chi connectivity index (χ3n) is 6.41.